The Hall–Kier alpha value is -1.32. The first-order chi connectivity index (χ1) is 8.83. The van der Waals surface area contributed by atoms with E-state index in [1.54, 1.807) is 0 Å². The number of nitrogens with one attached hydrogen (secondary N) is 2. The lowest BCUT2D eigenvalue weighted by Gasteiger charge is -2.26. The van der Waals surface area contributed by atoms with Crippen LogP contribution in [0.1, 0.15) is 31.2 Å². The van der Waals surface area contributed by atoms with Crippen LogP contribution in [0.4, 0.5) is 0 Å². The van der Waals surface area contributed by atoms with Gasteiger partial charge in [0.15, 0.2) is 0 Å². The van der Waals surface area contributed by atoms with E-state index in [0.717, 1.165) is 25.8 Å². The molecule has 3 rings (SSSR count). The molecule has 2 atom stereocenters. The Balaban J connectivity index is 1.67. The highest BCUT2D eigenvalue weighted by Gasteiger charge is 2.19. The average molecular weight is 244 g/mol. The lowest BCUT2D eigenvalue weighted by molar-refractivity contribution is 0.111. The monoisotopic (exact) mass is 244 g/mol. The third kappa shape index (κ3) is 2.42. The normalized spacial score (nSPS) is 24.5. The lowest BCUT2D eigenvalue weighted by Crippen LogP contribution is -2.35. The zero-order chi connectivity index (χ0) is 12.4. The summed E-state index contributed by atoms with van der Waals surface area (Å²) >= 11 is 0. The van der Waals surface area contributed by atoms with Crippen molar-refractivity contribution >= 4 is 10.9 Å². The Kier molecular flexibility index (Phi) is 3.35. The molecule has 1 aromatic heterocycles. The fourth-order valence-electron chi connectivity index (χ4n) is 2.91. The van der Waals surface area contributed by atoms with Gasteiger partial charge in [0.1, 0.15) is 0 Å². The maximum Gasteiger partial charge on any atom is 0.0555 e. The van der Waals surface area contributed by atoms with Crippen molar-refractivity contribution < 1.29 is 5.11 Å². The Morgan fingerprint density at radius 3 is 3.11 bits per heavy atom. The summed E-state index contributed by atoms with van der Waals surface area (Å²) in [6.07, 6.45) is 6.04. The molecular formula is C15H20N2O. The number of aromatic nitrogens is 1. The number of hydrogen-bond donors (Lipinski definition) is 3. The molecule has 3 N–H and O–H groups in total. The van der Waals surface area contributed by atoms with Crippen molar-refractivity contribution in [2.24, 2.45) is 0 Å². The van der Waals surface area contributed by atoms with Gasteiger partial charge in [-0.15, -0.1) is 0 Å². The molecule has 0 bridgehead atoms. The van der Waals surface area contributed by atoms with Crippen LogP contribution in [0.3, 0.4) is 0 Å². The Morgan fingerprint density at radius 1 is 1.28 bits per heavy atom. The van der Waals surface area contributed by atoms with Gasteiger partial charge in [-0.05, 0) is 43.4 Å². The number of rotatable bonds is 3. The number of aromatic amines is 1. The van der Waals surface area contributed by atoms with Crippen molar-refractivity contribution in [2.75, 3.05) is 0 Å². The molecule has 1 heterocycles. The maximum atomic E-state index is 9.67. The van der Waals surface area contributed by atoms with Gasteiger partial charge in [-0.1, -0.05) is 12.1 Å². The molecule has 1 saturated carbocycles. The zero-order valence-corrected chi connectivity index (χ0v) is 10.5. The first-order valence-electron chi connectivity index (χ1n) is 6.79. The van der Waals surface area contributed by atoms with E-state index in [1.807, 2.05) is 6.20 Å². The van der Waals surface area contributed by atoms with Gasteiger partial charge in [-0.3, -0.25) is 0 Å². The highest BCUT2D eigenvalue weighted by atomic mass is 16.3. The van der Waals surface area contributed by atoms with Crippen LogP contribution in [0.25, 0.3) is 10.9 Å². The van der Waals surface area contributed by atoms with Gasteiger partial charge in [-0.25, -0.2) is 0 Å². The van der Waals surface area contributed by atoms with Crippen LogP contribution in [-0.4, -0.2) is 22.2 Å². The molecule has 0 amide bonds. The smallest absolute Gasteiger partial charge is 0.0555 e. The molecule has 18 heavy (non-hydrogen) atoms. The van der Waals surface area contributed by atoms with Crippen molar-refractivity contribution in [1.29, 1.82) is 0 Å². The van der Waals surface area contributed by atoms with E-state index >= 15 is 0 Å². The van der Waals surface area contributed by atoms with Crippen LogP contribution in [0.5, 0.6) is 0 Å². The molecular weight excluding hydrogens is 224 g/mol. The molecule has 2 aromatic rings. The van der Waals surface area contributed by atoms with Crippen molar-refractivity contribution in [3.8, 4) is 0 Å². The van der Waals surface area contributed by atoms with Crippen molar-refractivity contribution in [3.05, 3.63) is 36.0 Å². The summed E-state index contributed by atoms with van der Waals surface area (Å²) in [5, 5.41) is 14.5. The fraction of sp³-hybridized carbons (Fsp3) is 0.467. The summed E-state index contributed by atoms with van der Waals surface area (Å²) in [6.45, 7) is 0.882. The van der Waals surface area contributed by atoms with Crippen LogP contribution < -0.4 is 5.32 Å². The molecule has 1 aromatic carbocycles. The Labute approximate surface area is 107 Å². The minimum atomic E-state index is -0.112. The molecule has 1 fully saturated rings. The average Bonchev–Trinajstić information content (AvgIpc) is 2.85. The van der Waals surface area contributed by atoms with Crippen LogP contribution >= 0.6 is 0 Å². The van der Waals surface area contributed by atoms with Crippen LogP contribution in [-0.2, 0) is 6.54 Å². The van der Waals surface area contributed by atoms with E-state index in [-0.39, 0.29) is 6.10 Å². The highest BCUT2D eigenvalue weighted by Crippen LogP contribution is 2.21. The number of aliphatic hydroxyl groups is 1. The third-order valence-electron chi connectivity index (χ3n) is 3.91. The number of fused-ring (bicyclic) bond motifs is 1. The highest BCUT2D eigenvalue weighted by molar-refractivity contribution is 5.82. The number of aliphatic hydroxyl groups excluding tert-OH is 1. The van der Waals surface area contributed by atoms with E-state index < -0.39 is 0 Å². The van der Waals surface area contributed by atoms with E-state index in [4.69, 9.17) is 0 Å². The standard InChI is InChI=1S/C15H20N2O/c18-13-5-2-4-12(9-13)17-10-11-3-1-6-15-14(11)7-8-16-15/h1,3,6-8,12-13,16-18H,2,4-5,9-10H2. The summed E-state index contributed by atoms with van der Waals surface area (Å²) in [4.78, 5) is 3.24. The van der Waals surface area contributed by atoms with Crippen molar-refractivity contribution in [1.82, 2.24) is 10.3 Å². The third-order valence-corrected chi connectivity index (χ3v) is 3.91. The van der Waals surface area contributed by atoms with E-state index in [0.29, 0.717) is 6.04 Å². The molecule has 0 spiro atoms. The summed E-state index contributed by atoms with van der Waals surface area (Å²) in [7, 11) is 0. The van der Waals surface area contributed by atoms with Crippen LogP contribution in [0.15, 0.2) is 30.5 Å². The van der Waals surface area contributed by atoms with Gasteiger partial charge in [0.25, 0.3) is 0 Å². The van der Waals surface area contributed by atoms with Crippen LogP contribution in [0, 0.1) is 0 Å². The summed E-state index contributed by atoms with van der Waals surface area (Å²) < 4.78 is 0. The fourth-order valence-corrected chi connectivity index (χ4v) is 2.91. The Bertz CT molecular complexity index is 520. The largest absolute Gasteiger partial charge is 0.393 e. The van der Waals surface area contributed by atoms with Gasteiger partial charge >= 0.3 is 0 Å². The van der Waals surface area contributed by atoms with Gasteiger partial charge in [0.2, 0.25) is 0 Å². The zero-order valence-electron chi connectivity index (χ0n) is 10.5. The maximum absolute atomic E-state index is 9.67. The number of H-pyrrole nitrogens is 1. The van der Waals surface area contributed by atoms with Gasteiger partial charge < -0.3 is 15.4 Å². The number of hydrogen-bond acceptors (Lipinski definition) is 2. The lowest BCUT2D eigenvalue weighted by atomic mass is 9.93. The van der Waals surface area contributed by atoms with Gasteiger partial charge in [0.05, 0.1) is 6.10 Å². The summed E-state index contributed by atoms with van der Waals surface area (Å²) in [5.74, 6) is 0. The first kappa shape index (κ1) is 11.8. The SMILES string of the molecule is OC1CCCC(NCc2cccc3[nH]ccc23)C1. The summed E-state index contributed by atoms with van der Waals surface area (Å²) in [6, 6.07) is 8.95. The van der Waals surface area contributed by atoms with Gasteiger partial charge in [-0.2, -0.15) is 0 Å². The van der Waals surface area contributed by atoms with Crippen molar-refractivity contribution in [3.63, 3.8) is 0 Å². The quantitative estimate of drug-likeness (QED) is 0.777. The molecule has 1 aliphatic carbocycles. The molecule has 0 saturated heterocycles. The molecule has 3 nitrogen and oxygen atoms in total. The number of benzene rings is 1. The molecule has 0 radical (unpaired) electrons. The van der Waals surface area contributed by atoms with Crippen molar-refractivity contribution in [2.45, 2.75) is 44.4 Å². The first-order valence-corrected chi connectivity index (χ1v) is 6.79. The topological polar surface area (TPSA) is 48.0 Å². The second-order valence-electron chi connectivity index (χ2n) is 5.25. The molecule has 0 aliphatic heterocycles. The second-order valence-corrected chi connectivity index (χ2v) is 5.25. The minimum Gasteiger partial charge on any atom is -0.393 e. The predicted octanol–water partition coefficient (Wildman–Crippen LogP) is 2.56. The molecule has 2 unspecified atom stereocenters. The van der Waals surface area contributed by atoms with E-state index in [9.17, 15) is 5.11 Å². The molecule has 3 heteroatoms. The van der Waals surface area contributed by atoms with E-state index in [1.165, 1.54) is 22.9 Å². The van der Waals surface area contributed by atoms with Crippen LogP contribution in [0.2, 0.25) is 0 Å². The molecule has 1 aliphatic rings. The van der Waals surface area contributed by atoms with Gasteiger partial charge in [0, 0.05) is 29.7 Å². The van der Waals surface area contributed by atoms with E-state index in [2.05, 4.69) is 34.6 Å². The minimum absolute atomic E-state index is 0.112. The predicted molar refractivity (Wildman–Crippen MR) is 73.4 cm³/mol. The second kappa shape index (κ2) is 5.12. The molecule has 96 valence electrons. The summed E-state index contributed by atoms with van der Waals surface area (Å²) in [5.41, 5.74) is 2.52. The Morgan fingerprint density at radius 2 is 2.22 bits per heavy atom.